The Kier molecular flexibility index (Phi) is 6.16. The minimum atomic E-state index is -0.384. The standard InChI is InChI=1S/C23H24ClFN2OS/c24-20-13-18(25)11-10-17(20)12-19-21(26-23(29)27-22(19)28)16-8-6-15(7-9-16)14-4-2-1-3-5-14/h1-4,10-11,13-16H,5-9,12H2,(H2,26,27,28,29)/t14?,15-,16-. The number of aromatic amines is 2. The summed E-state index contributed by atoms with van der Waals surface area (Å²) in [6, 6.07) is 4.30. The zero-order valence-corrected chi connectivity index (χ0v) is 17.7. The number of nitrogens with one attached hydrogen (secondary N) is 2. The summed E-state index contributed by atoms with van der Waals surface area (Å²) >= 11 is 11.5. The van der Waals surface area contributed by atoms with Gasteiger partial charge in [-0.15, -0.1) is 0 Å². The minimum Gasteiger partial charge on any atom is -0.335 e. The fraction of sp³-hybridized carbons (Fsp3) is 0.391. The van der Waals surface area contributed by atoms with Gasteiger partial charge in [-0.2, -0.15) is 0 Å². The smallest absolute Gasteiger partial charge is 0.255 e. The van der Waals surface area contributed by atoms with E-state index < -0.39 is 0 Å². The Hall–Kier alpha value is -1.98. The van der Waals surface area contributed by atoms with E-state index in [9.17, 15) is 9.18 Å². The third-order valence-electron chi connectivity index (χ3n) is 6.26. The van der Waals surface area contributed by atoms with Crippen LogP contribution < -0.4 is 5.56 Å². The van der Waals surface area contributed by atoms with Gasteiger partial charge in [0.05, 0.1) is 0 Å². The lowest BCUT2D eigenvalue weighted by molar-refractivity contribution is 0.262. The van der Waals surface area contributed by atoms with Crippen LogP contribution in [0.1, 0.15) is 54.8 Å². The number of benzene rings is 1. The Balaban J connectivity index is 1.57. The largest absolute Gasteiger partial charge is 0.335 e. The van der Waals surface area contributed by atoms with Crippen molar-refractivity contribution in [3.63, 3.8) is 0 Å². The molecule has 0 spiro atoms. The first-order valence-electron chi connectivity index (χ1n) is 10.1. The number of allylic oxidation sites excluding steroid dienone is 4. The molecule has 1 heterocycles. The number of H-pyrrole nitrogens is 2. The first-order chi connectivity index (χ1) is 14.0. The number of rotatable bonds is 4. The maximum atomic E-state index is 13.4. The van der Waals surface area contributed by atoms with Crippen LogP contribution in [0.25, 0.3) is 0 Å². The van der Waals surface area contributed by atoms with Crippen LogP contribution in [0.4, 0.5) is 4.39 Å². The van der Waals surface area contributed by atoms with E-state index in [1.54, 1.807) is 6.07 Å². The maximum Gasteiger partial charge on any atom is 0.255 e. The van der Waals surface area contributed by atoms with Gasteiger partial charge in [-0.05, 0) is 79.8 Å². The van der Waals surface area contributed by atoms with Crippen LogP contribution in [-0.2, 0) is 6.42 Å². The Bertz CT molecular complexity index is 1060. The molecule has 2 N–H and O–H groups in total. The quantitative estimate of drug-likeness (QED) is 0.565. The maximum absolute atomic E-state index is 13.4. The van der Waals surface area contributed by atoms with Gasteiger partial charge < -0.3 is 4.98 Å². The van der Waals surface area contributed by atoms with Gasteiger partial charge in [0.2, 0.25) is 0 Å². The highest BCUT2D eigenvalue weighted by molar-refractivity contribution is 7.71. The predicted molar refractivity (Wildman–Crippen MR) is 118 cm³/mol. The normalized spacial score (nSPS) is 24.0. The summed E-state index contributed by atoms with van der Waals surface area (Å²) in [7, 11) is 0. The molecule has 29 heavy (non-hydrogen) atoms. The average Bonchev–Trinajstić information content (AvgIpc) is 2.72. The van der Waals surface area contributed by atoms with Gasteiger partial charge in [-0.1, -0.05) is 42.0 Å². The second-order valence-electron chi connectivity index (χ2n) is 8.04. The van der Waals surface area contributed by atoms with Gasteiger partial charge in [0.15, 0.2) is 4.77 Å². The molecule has 0 radical (unpaired) electrons. The van der Waals surface area contributed by atoms with Crippen molar-refractivity contribution in [1.82, 2.24) is 9.97 Å². The minimum absolute atomic E-state index is 0.188. The number of aromatic nitrogens is 2. The lowest BCUT2D eigenvalue weighted by atomic mass is 9.72. The molecule has 0 aliphatic heterocycles. The summed E-state index contributed by atoms with van der Waals surface area (Å²) in [5.74, 6) is 1.20. The fourth-order valence-corrected chi connectivity index (χ4v) is 5.13. The van der Waals surface area contributed by atoms with E-state index in [2.05, 4.69) is 34.3 Å². The molecule has 0 amide bonds. The molecule has 2 aliphatic carbocycles. The Labute approximate surface area is 179 Å². The van der Waals surface area contributed by atoms with Crippen LogP contribution >= 0.6 is 23.8 Å². The van der Waals surface area contributed by atoms with E-state index in [1.165, 1.54) is 12.1 Å². The van der Waals surface area contributed by atoms with E-state index >= 15 is 0 Å². The lowest BCUT2D eigenvalue weighted by Gasteiger charge is -2.33. The van der Waals surface area contributed by atoms with Crippen molar-refractivity contribution in [2.24, 2.45) is 11.8 Å². The summed E-state index contributed by atoms with van der Waals surface area (Å²) in [6.07, 6.45) is 14.6. The molecular weight excluding hydrogens is 407 g/mol. The van der Waals surface area contributed by atoms with Crippen LogP contribution in [0.3, 0.4) is 0 Å². The van der Waals surface area contributed by atoms with Crippen LogP contribution in [0.5, 0.6) is 0 Å². The number of hydrogen-bond donors (Lipinski definition) is 2. The highest BCUT2D eigenvalue weighted by Crippen LogP contribution is 2.41. The monoisotopic (exact) mass is 430 g/mol. The molecule has 4 rings (SSSR count). The Morgan fingerprint density at radius 1 is 1.14 bits per heavy atom. The molecule has 1 atom stereocenters. The molecule has 1 aromatic carbocycles. The van der Waals surface area contributed by atoms with Crippen LogP contribution in [0, 0.1) is 22.4 Å². The summed E-state index contributed by atoms with van der Waals surface area (Å²) in [5, 5.41) is 0.332. The molecule has 0 bridgehead atoms. The van der Waals surface area contributed by atoms with Crippen LogP contribution in [0.2, 0.25) is 5.02 Å². The van der Waals surface area contributed by atoms with Gasteiger partial charge in [0.25, 0.3) is 5.56 Å². The summed E-state index contributed by atoms with van der Waals surface area (Å²) < 4.78 is 13.7. The van der Waals surface area contributed by atoms with E-state index in [0.717, 1.165) is 43.4 Å². The zero-order valence-electron chi connectivity index (χ0n) is 16.1. The summed E-state index contributed by atoms with van der Waals surface area (Å²) in [4.78, 5) is 18.7. The van der Waals surface area contributed by atoms with E-state index in [-0.39, 0.29) is 17.3 Å². The number of halogens is 2. The molecular formula is C23H24ClFN2OS. The average molecular weight is 431 g/mol. The molecule has 1 saturated carbocycles. The van der Waals surface area contributed by atoms with Crippen molar-refractivity contribution < 1.29 is 4.39 Å². The van der Waals surface area contributed by atoms with Gasteiger partial charge in [0, 0.05) is 22.7 Å². The SMILES string of the molecule is O=c1[nH]c(=S)[nH]c([C@H]2CC[C@H](C3C=CC=CC3)CC2)c1Cc1ccc(F)cc1Cl. The van der Waals surface area contributed by atoms with Crippen molar-refractivity contribution in [3.05, 3.63) is 85.3 Å². The predicted octanol–water partition coefficient (Wildman–Crippen LogP) is 6.22. The van der Waals surface area contributed by atoms with Gasteiger partial charge in [0.1, 0.15) is 5.82 Å². The van der Waals surface area contributed by atoms with E-state index in [1.807, 2.05) is 0 Å². The van der Waals surface area contributed by atoms with Gasteiger partial charge >= 0.3 is 0 Å². The van der Waals surface area contributed by atoms with Crippen molar-refractivity contribution in [2.75, 3.05) is 0 Å². The lowest BCUT2D eigenvalue weighted by Crippen LogP contribution is -2.25. The second-order valence-corrected chi connectivity index (χ2v) is 8.85. The Morgan fingerprint density at radius 2 is 1.93 bits per heavy atom. The van der Waals surface area contributed by atoms with Crippen molar-refractivity contribution in [3.8, 4) is 0 Å². The summed E-state index contributed by atoms with van der Waals surface area (Å²) in [5.41, 5.74) is 2.11. The molecule has 3 nitrogen and oxygen atoms in total. The number of hydrogen-bond acceptors (Lipinski definition) is 2. The molecule has 0 saturated heterocycles. The van der Waals surface area contributed by atoms with Crippen molar-refractivity contribution in [1.29, 1.82) is 0 Å². The van der Waals surface area contributed by atoms with Crippen LogP contribution in [0.15, 0.2) is 47.3 Å². The van der Waals surface area contributed by atoms with Gasteiger partial charge in [-0.3, -0.25) is 9.78 Å². The third kappa shape index (κ3) is 4.62. The Morgan fingerprint density at radius 3 is 2.62 bits per heavy atom. The first-order valence-corrected chi connectivity index (χ1v) is 10.9. The fourth-order valence-electron chi connectivity index (χ4n) is 4.69. The molecule has 152 valence electrons. The third-order valence-corrected chi connectivity index (χ3v) is 6.81. The molecule has 2 aromatic rings. The molecule has 1 unspecified atom stereocenters. The van der Waals surface area contributed by atoms with Crippen molar-refractivity contribution >= 4 is 23.8 Å². The van der Waals surface area contributed by atoms with Crippen molar-refractivity contribution in [2.45, 2.75) is 44.4 Å². The topological polar surface area (TPSA) is 48.6 Å². The zero-order chi connectivity index (χ0) is 20.4. The second kappa shape index (κ2) is 8.80. The summed E-state index contributed by atoms with van der Waals surface area (Å²) in [6.45, 7) is 0. The molecule has 6 heteroatoms. The highest BCUT2D eigenvalue weighted by Gasteiger charge is 2.29. The molecule has 1 aromatic heterocycles. The highest BCUT2D eigenvalue weighted by atomic mass is 35.5. The molecule has 2 aliphatic rings. The first kappa shape index (κ1) is 20.3. The van der Waals surface area contributed by atoms with Gasteiger partial charge in [-0.25, -0.2) is 4.39 Å². The van der Waals surface area contributed by atoms with Crippen LogP contribution in [-0.4, -0.2) is 9.97 Å². The molecule has 1 fully saturated rings. The van der Waals surface area contributed by atoms with E-state index in [4.69, 9.17) is 23.8 Å². The van der Waals surface area contributed by atoms with E-state index in [0.29, 0.717) is 33.6 Å².